The van der Waals surface area contributed by atoms with Gasteiger partial charge in [0.1, 0.15) is 5.82 Å². The first-order valence-corrected chi connectivity index (χ1v) is 5.03. The molecule has 0 bridgehead atoms. The second-order valence-electron chi connectivity index (χ2n) is 3.81. The number of hydrogen-bond donors (Lipinski definition) is 0. The SMILES string of the molecule is Cc1ncc2cc(-c3cnn(C)c3)cn2n1. The van der Waals surface area contributed by atoms with Gasteiger partial charge in [0.15, 0.2) is 0 Å². The van der Waals surface area contributed by atoms with Gasteiger partial charge in [0.2, 0.25) is 0 Å². The fourth-order valence-electron chi connectivity index (χ4n) is 1.72. The van der Waals surface area contributed by atoms with E-state index in [4.69, 9.17) is 0 Å². The summed E-state index contributed by atoms with van der Waals surface area (Å²) in [7, 11) is 1.91. The molecule has 0 atom stereocenters. The summed E-state index contributed by atoms with van der Waals surface area (Å²) >= 11 is 0. The van der Waals surface area contributed by atoms with Crippen LogP contribution in [0.25, 0.3) is 16.6 Å². The molecular formula is C11H11N5. The molecule has 0 N–H and O–H groups in total. The number of nitrogens with zero attached hydrogens (tertiary/aromatic N) is 5. The average molecular weight is 213 g/mol. The normalized spacial score (nSPS) is 11.1. The predicted molar refractivity (Wildman–Crippen MR) is 59.9 cm³/mol. The summed E-state index contributed by atoms with van der Waals surface area (Å²) < 4.78 is 3.62. The van der Waals surface area contributed by atoms with E-state index >= 15 is 0 Å². The van der Waals surface area contributed by atoms with E-state index < -0.39 is 0 Å². The van der Waals surface area contributed by atoms with E-state index in [2.05, 4.69) is 21.2 Å². The summed E-state index contributed by atoms with van der Waals surface area (Å²) in [5, 5.41) is 8.46. The van der Waals surface area contributed by atoms with Crippen molar-refractivity contribution < 1.29 is 0 Å². The highest BCUT2D eigenvalue weighted by Crippen LogP contribution is 2.20. The van der Waals surface area contributed by atoms with E-state index in [1.54, 1.807) is 4.68 Å². The first-order chi connectivity index (χ1) is 7.72. The minimum Gasteiger partial charge on any atom is -0.275 e. The lowest BCUT2D eigenvalue weighted by molar-refractivity contribution is 0.768. The molecule has 0 aromatic carbocycles. The minimum atomic E-state index is 0.765. The monoisotopic (exact) mass is 213 g/mol. The predicted octanol–water partition coefficient (Wildman–Crippen LogP) is 1.44. The Hall–Kier alpha value is -2.17. The molecule has 0 radical (unpaired) electrons. The number of rotatable bonds is 1. The number of fused-ring (bicyclic) bond motifs is 1. The van der Waals surface area contributed by atoms with Gasteiger partial charge in [-0.15, -0.1) is 0 Å². The molecule has 0 saturated heterocycles. The third-order valence-corrected chi connectivity index (χ3v) is 2.50. The van der Waals surface area contributed by atoms with E-state index in [0.717, 1.165) is 22.5 Å². The molecule has 0 amide bonds. The summed E-state index contributed by atoms with van der Waals surface area (Å²) in [5.41, 5.74) is 3.18. The number of hydrogen-bond acceptors (Lipinski definition) is 3. The van der Waals surface area contributed by atoms with Crippen LogP contribution >= 0.6 is 0 Å². The average Bonchev–Trinajstić information content (AvgIpc) is 2.83. The Labute approximate surface area is 92.4 Å². The van der Waals surface area contributed by atoms with Crippen molar-refractivity contribution in [2.45, 2.75) is 6.92 Å². The summed E-state index contributed by atoms with van der Waals surface area (Å²) in [6.07, 6.45) is 7.63. The second-order valence-corrected chi connectivity index (χ2v) is 3.81. The fraction of sp³-hybridized carbons (Fsp3) is 0.182. The Morgan fingerprint density at radius 2 is 2.00 bits per heavy atom. The second kappa shape index (κ2) is 3.16. The Morgan fingerprint density at radius 3 is 2.75 bits per heavy atom. The van der Waals surface area contributed by atoms with Gasteiger partial charge < -0.3 is 0 Å². The van der Waals surface area contributed by atoms with Crippen LogP contribution in [0.1, 0.15) is 5.82 Å². The van der Waals surface area contributed by atoms with Gasteiger partial charge in [-0.05, 0) is 13.0 Å². The van der Waals surface area contributed by atoms with Gasteiger partial charge >= 0.3 is 0 Å². The van der Waals surface area contributed by atoms with Crippen LogP contribution in [0.15, 0.2) is 30.9 Å². The van der Waals surface area contributed by atoms with Gasteiger partial charge in [0.25, 0.3) is 0 Å². The standard InChI is InChI=1S/C11H11N5/c1-8-12-5-11-3-9(7-16(11)14-8)10-4-13-15(2)6-10/h3-7H,1-2H3. The van der Waals surface area contributed by atoms with Crippen LogP contribution in [-0.4, -0.2) is 24.4 Å². The van der Waals surface area contributed by atoms with Gasteiger partial charge in [-0.25, -0.2) is 9.50 Å². The maximum Gasteiger partial charge on any atom is 0.146 e. The lowest BCUT2D eigenvalue weighted by Crippen LogP contribution is -1.94. The van der Waals surface area contributed by atoms with Crippen LogP contribution in [0.2, 0.25) is 0 Å². The fourth-order valence-corrected chi connectivity index (χ4v) is 1.72. The Kier molecular flexibility index (Phi) is 1.80. The third-order valence-electron chi connectivity index (χ3n) is 2.50. The molecule has 0 fully saturated rings. The van der Waals surface area contributed by atoms with Crippen LogP contribution in [0.5, 0.6) is 0 Å². The van der Waals surface area contributed by atoms with Crippen LogP contribution in [0.4, 0.5) is 0 Å². The van der Waals surface area contributed by atoms with Crippen LogP contribution in [-0.2, 0) is 7.05 Å². The van der Waals surface area contributed by atoms with Crippen LogP contribution < -0.4 is 0 Å². The zero-order chi connectivity index (χ0) is 11.1. The minimum absolute atomic E-state index is 0.765. The first kappa shape index (κ1) is 9.08. The maximum absolute atomic E-state index is 4.31. The molecule has 5 nitrogen and oxygen atoms in total. The van der Waals surface area contributed by atoms with Crippen molar-refractivity contribution in [1.82, 2.24) is 24.4 Å². The Morgan fingerprint density at radius 1 is 1.12 bits per heavy atom. The highest BCUT2D eigenvalue weighted by Gasteiger charge is 2.05. The van der Waals surface area contributed by atoms with Crippen LogP contribution in [0.3, 0.4) is 0 Å². The van der Waals surface area contributed by atoms with E-state index in [9.17, 15) is 0 Å². The highest BCUT2D eigenvalue weighted by atomic mass is 15.2. The smallest absolute Gasteiger partial charge is 0.146 e. The quantitative estimate of drug-likeness (QED) is 0.614. The van der Waals surface area contributed by atoms with Crippen molar-refractivity contribution in [3.8, 4) is 11.1 Å². The Balaban J connectivity index is 2.18. The molecule has 0 spiro atoms. The summed E-state index contributed by atoms with van der Waals surface area (Å²) in [5.74, 6) is 0.765. The summed E-state index contributed by atoms with van der Waals surface area (Å²) in [4.78, 5) is 4.17. The molecule has 0 aliphatic rings. The highest BCUT2D eigenvalue weighted by molar-refractivity contribution is 5.68. The van der Waals surface area contributed by atoms with Gasteiger partial charge in [-0.3, -0.25) is 4.68 Å². The number of aryl methyl sites for hydroxylation is 2. The molecule has 0 aliphatic heterocycles. The molecule has 16 heavy (non-hydrogen) atoms. The van der Waals surface area contributed by atoms with E-state index in [1.807, 2.05) is 43.3 Å². The summed E-state index contributed by atoms with van der Waals surface area (Å²) in [6, 6.07) is 2.05. The molecule has 3 aromatic heterocycles. The topological polar surface area (TPSA) is 48.0 Å². The van der Waals surface area contributed by atoms with Crippen molar-refractivity contribution in [1.29, 1.82) is 0 Å². The largest absolute Gasteiger partial charge is 0.275 e. The molecule has 0 unspecified atom stereocenters. The molecule has 3 heterocycles. The van der Waals surface area contributed by atoms with Crippen molar-refractivity contribution >= 4 is 5.52 Å². The molecule has 5 heteroatoms. The van der Waals surface area contributed by atoms with Gasteiger partial charge in [-0.1, -0.05) is 0 Å². The van der Waals surface area contributed by atoms with Crippen molar-refractivity contribution in [2.24, 2.45) is 7.05 Å². The molecule has 0 aliphatic carbocycles. The van der Waals surface area contributed by atoms with Crippen molar-refractivity contribution in [3.05, 3.63) is 36.7 Å². The Bertz CT molecular complexity index is 649. The summed E-state index contributed by atoms with van der Waals surface area (Å²) in [6.45, 7) is 1.88. The lowest BCUT2D eigenvalue weighted by atomic mass is 10.2. The van der Waals surface area contributed by atoms with Gasteiger partial charge in [-0.2, -0.15) is 10.2 Å². The van der Waals surface area contributed by atoms with Gasteiger partial charge in [0, 0.05) is 30.6 Å². The molecule has 3 rings (SSSR count). The van der Waals surface area contributed by atoms with Crippen molar-refractivity contribution in [3.63, 3.8) is 0 Å². The van der Waals surface area contributed by atoms with E-state index in [-0.39, 0.29) is 0 Å². The first-order valence-electron chi connectivity index (χ1n) is 5.03. The van der Waals surface area contributed by atoms with E-state index in [0.29, 0.717) is 0 Å². The number of aromatic nitrogens is 5. The molecule has 3 aromatic rings. The molecule has 0 saturated carbocycles. The van der Waals surface area contributed by atoms with E-state index in [1.165, 1.54) is 0 Å². The zero-order valence-corrected chi connectivity index (χ0v) is 9.12. The van der Waals surface area contributed by atoms with Crippen LogP contribution in [0, 0.1) is 6.92 Å². The lowest BCUT2D eigenvalue weighted by Gasteiger charge is -1.92. The molecule has 80 valence electrons. The molecular weight excluding hydrogens is 202 g/mol. The third kappa shape index (κ3) is 1.37. The zero-order valence-electron chi connectivity index (χ0n) is 9.12. The van der Waals surface area contributed by atoms with Crippen molar-refractivity contribution in [2.75, 3.05) is 0 Å². The van der Waals surface area contributed by atoms with Gasteiger partial charge in [0.05, 0.1) is 17.9 Å². The maximum atomic E-state index is 4.31.